The van der Waals surface area contributed by atoms with Crippen LogP contribution in [-0.2, 0) is 29.3 Å². The van der Waals surface area contributed by atoms with Crippen LogP contribution in [0.1, 0.15) is 28.5 Å². The lowest BCUT2D eigenvalue weighted by atomic mass is 10.2. The van der Waals surface area contributed by atoms with Crippen LogP contribution in [0.4, 0.5) is 18.0 Å². The molecule has 0 atom stereocenters. The Hall–Kier alpha value is -6.29. The molecule has 6 aromatic rings. The maximum absolute atomic E-state index is 13.9. The van der Waals surface area contributed by atoms with E-state index in [9.17, 15) is 41.0 Å². The summed E-state index contributed by atoms with van der Waals surface area (Å²) in [6.07, 6.45) is -1.30. The number of imidazole rings is 1. The number of nitrogens with one attached hydrogen (secondary N) is 1. The summed E-state index contributed by atoms with van der Waals surface area (Å²) in [6.45, 7) is 2.23. The molecule has 1 amide bonds. The Morgan fingerprint density at radius 1 is 1.00 bits per heavy atom. The normalized spacial score (nSPS) is 11.8. The number of amides is 1. The third kappa shape index (κ3) is 9.64. The molecule has 0 saturated heterocycles. The number of quaternary nitrogens is 1. The molecule has 0 aliphatic rings. The monoisotopic (exact) mass is 776 g/mol. The summed E-state index contributed by atoms with van der Waals surface area (Å²) < 4.78 is 81.4. The molecular weight excluding hydrogens is 742 g/mol. The van der Waals surface area contributed by atoms with Gasteiger partial charge >= 0.3 is 17.9 Å². The van der Waals surface area contributed by atoms with Gasteiger partial charge in [0, 0.05) is 13.0 Å². The minimum Gasteiger partial charge on any atom is -0.744 e. The van der Waals surface area contributed by atoms with Crippen LogP contribution < -0.4 is 11.0 Å². The molecule has 0 bridgehead atoms. The molecule has 6 rings (SSSR count). The SMILES string of the molecule is Cc1c(-c2ccnn2-c2ccc(C#N)cc2)n(C(=O)NCCc2ncc(C[N+](C)(C)C)o2)c(=O)n1-c1cccc(C(F)(F)F)c1.O=S(=O)([O-])c1ccccc1. The molecule has 14 nitrogen and oxygen atoms in total. The van der Waals surface area contributed by atoms with Gasteiger partial charge in [0.1, 0.15) is 22.4 Å². The third-order valence-electron chi connectivity index (χ3n) is 7.92. The van der Waals surface area contributed by atoms with E-state index in [1.165, 1.54) is 47.3 Å². The Kier molecular flexibility index (Phi) is 11.6. The summed E-state index contributed by atoms with van der Waals surface area (Å²) >= 11 is 0. The number of nitriles is 1. The Bertz CT molecular complexity index is 2510. The maximum atomic E-state index is 13.9. The van der Waals surface area contributed by atoms with Crippen LogP contribution in [0.3, 0.4) is 0 Å². The van der Waals surface area contributed by atoms with Crippen LogP contribution in [0, 0.1) is 18.3 Å². The van der Waals surface area contributed by atoms with E-state index < -0.39 is 33.6 Å². The van der Waals surface area contributed by atoms with E-state index in [-0.39, 0.29) is 34.9 Å². The first-order valence-corrected chi connectivity index (χ1v) is 17.9. The van der Waals surface area contributed by atoms with Crippen LogP contribution in [0.5, 0.6) is 0 Å². The Balaban J connectivity index is 0.000000504. The number of aromatic nitrogens is 5. The van der Waals surface area contributed by atoms with Gasteiger partial charge in [-0.25, -0.2) is 32.2 Å². The molecule has 0 radical (unpaired) electrons. The standard InChI is InChI=1S/C31H29F3N8O3.C6H6O3S/c1-20-28(26-12-15-38-41(26)23-10-8-21(17-35)9-11-23)40(30(44)39(20)24-7-5-6-22(16-24)31(32,33)34)29(43)36-14-13-27-37-18-25(45-27)19-42(2,3)4;7-10(8,9)6-4-2-1-3-5-6/h5-12,15-16,18H,13-14,19H2,1-4H3;1-5H,(H,7,8,9). The van der Waals surface area contributed by atoms with E-state index in [1.54, 1.807) is 49.5 Å². The number of hydrogen-bond donors (Lipinski definition) is 1. The quantitative estimate of drug-likeness (QED) is 0.151. The van der Waals surface area contributed by atoms with Crippen molar-refractivity contribution < 1.29 is 39.8 Å². The number of carbonyl (C=O) groups excluding carboxylic acids is 1. The molecule has 1 N–H and O–H groups in total. The molecular formula is C37H35F3N8O6S. The van der Waals surface area contributed by atoms with Gasteiger partial charge in [-0.1, -0.05) is 24.3 Å². The first-order valence-electron chi connectivity index (χ1n) is 16.5. The lowest BCUT2D eigenvalue weighted by Crippen LogP contribution is -2.38. The predicted octanol–water partition coefficient (Wildman–Crippen LogP) is 5.28. The van der Waals surface area contributed by atoms with Gasteiger partial charge in [0.2, 0.25) is 0 Å². The highest BCUT2D eigenvalue weighted by Crippen LogP contribution is 2.32. The molecule has 3 aromatic heterocycles. The lowest BCUT2D eigenvalue weighted by molar-refractivity contribution is -0.884. The summed E-state index contributed by atoms with van der Waals surface area (Å²) in [7, 11) is 1.78. The van der Waals surface area contributed by atoms with Crippen LogP contribution in [0.15, 0.2) is 111 Å². The van der Waals surface area contributed by atoms with Gasteiger partial charge in [-0.3, -0.25) is 4.57 Å². The van der Waals surface area contributed by atoms with Crippen molar-refractivity contribution in [3.8, 4) is 28.8 Å². The summed E-state index contributed by atoms with van der Waals surface area (Å²) in [5.74, 6) is 1.09. The van der Waals surface area contributed by atoms with Gasteiger partial charge in [-0.15, -0.1) is 0 Å². The summed E-state index contributed by atoms with van der Waals surface area (Å²) in [4.78, 5) is 31.6. The van der Waals surface area contributed by atoms with Crippen LogP contribution in [-0.4, -0.2) is 75.1 Å². The molecule has 18 heteroatoms. The van der Waals surface area contributed by atoms with Gasteiger partial charge in [-0.2, -0.15) is 23.5 Å². The Morgan fingerprint density at radius 2 is 1.69 bits per heavy atom. The minimum atomic E-state index is -4.64. The van der Waals surface area contributed by atoms with Crippen molar-refractivity contribution >= 4 is 16.1 Å². The number of rotatable bonds is 9. The van der Waals surface area contributed by atoms with Gasteiger partial charge in [-0.05, 0) is 67.6 Å². The zero-order valence-electron chi connectivity index (χ0n) is 30.0. The van der Waals surface area contributed by atoms with Crippen molar-refractivity contribution in [2.24, 2.45) is 0 Å². The minimum absolute atomic E-state index is 0.0610. The van der Waals surface area contributed by atoms with Crippen LogP contribution in [0.25, 0.3) is 22.8 Å². The summed E-state index contributed by atoms with van der Waals surface area (Å²) in [5, 5.41) is 16.3. The average molecular weight is 777 g/mol. The molecule has 0 aliphatic heterocycles. The van der Waals surface area contributed by atoms with Gasteiger partial charge < -0.3 is 18.8 Å². The molecule has 55 heavy (non-hydrogen) atoms. The molecule has 0 aliphatic carbocycles. The molecule has 0 fully saturated rings. The van der Waals surface area contributed by atoms with Crippen molar-refractivity contribution in [2.45, 2.75) is 31.0 Å². The van der Waals surface area contributed by atoms with Gasteiger partial charge in [0.15, 0.2) is 11.7 Å². The number of hydrogen-bond acceptors (Lipinski definition) is 9. The predicted molar refractivity (Wildman–Crippen MR) is 192 cm³/mol. The number of carbonyl (C=O) groups is 1. The van der Waals surface area contributed by atoms with E-state index in [0.717, 1.165) is 21.3 Å². The van der Waals surface area contributed by atoms with Crippen LogP contribution >= 0.6 is 0 Å². The maximum Gasteiger partial charge on any atom is 0.416 e. The van der Waals surface area contributed by atoms with E-state index in [4.69, 9.17) is 4.42 Å². The Morgan fingerprint density at radius 3 is 2.29 bits per heavy atom. The van der Waals surface area contributed by atoms with Gasteiger partial charge in [0.25, 0.3) is 0 Å². The van der Waals surface area contributed by atoms with E-state index in [1.807, 2.05) is 27.2 Å². The number of alkyl halides is 3. The molecule has 0 unspecified atom stereocenters. The summed E-state index contributed by atoms with van der Waals surface area (Å²) in [5.41, 5.74) is -0.251. The highest BCUT2D eigenvalue weighted by Gasteiger charge is 2.32. The van der Waals surface area contributed by atoms with E-state index in [0.29, 0.717) is 39.6 Å². The zero-order valence-corrected chi connectivity index (χ0v) is 30.8. The number of nitrogens with zero attached hydrogens (tertiary/aromatic N) is 7. The first-order chi connectivity index (χ1) is 25.9. The fraction of sp³-hybridized carbons (Fsp3) is 0.216. The molecule has 0 spiro atoms. The second-order valence-corrected chi connectivity index (χ2v) is 14.5. The topological polar surface area (TPSA) is 181 Å². The molecule has 0 saturated carbocycles. The zero-order chi connectivity index (χ0) is 40.1. The largest absolute Gasteiger partial charge is 0.744 e. The van der Waals surface area contributed by atoms with Crippen molar-refractivity contribution in [3.05, 3.63) is 136 Å². The lowest BCUT2D eigenvalue weighted by Gasteiger charge is -2.21. The fourth-order valence-corrected chi connectivity index (χ4v) is 6.02. The first kappa shape index (κ1) is 39.9. The van der Waals surface area contributed by atoms with Crippen LogP contribution in [0.2, 0.25) is 0 Å². The van der Waals surface area contributed by atoms with Crippen molar-refractivity contribution in [3.63, 3.8) is 0 Å². The van der Waals surface area contributed by atoms with E-state index >= 15 is 0 Å². The van der Waals surface area contributed by atoms with Crippen molar-refractivity contribution in [1.29, 1.82) is 5.26 Å². The average Bonchev–Trinajstić information content (AvgIpc) is 3.85. The number of oxazole rings is 1. The van der Waals surface area contributed by atoms with E-state index in [2.05, 4.69) is 15.4 Å². The number of halogens is 3. The second kappa shape index (κ2) is 16.0. The smallest absolute Gasteiger partial charge is 0.416 e. The highest BCUT2D eigenvalue weighted by atomic mass is 32.2. The molecule has 286 valence electrons. The molecule has 3 aromatic carbocycles. The summed E-state index contributed by atoms with van der Waals surface area (Å²) in [6, 6.07) is 20.8. The van der Waals surface area contributed by atoms with Gasteiger partial charge in [0.05, 0.1) is 78.4 Å². The van der Waals surface area contributed by atoms with Crippen molar-refractivity contribution in [1.82, 2.24) is 29.2 Å². The Labute approximate surface area is 313 Å². The third-order valence-corrected chi connectivity index (χ3v) is 8.77. The number of benzene rings is 3. The highest BCUT2D eigenvalue weighted by molar-refractivity contribution is 7.85. The fourth-order valence-electron chi connectivity index (χ4n) is 5.53. The van der Waals surface area contributed by atoms with Crippen molar-refractivity contribution in [2.75, 3.05) is 27.7 Å². The molecule has 3 heterocycles. The second-order valence-electron chi connectivity index (χ2n) is 13.1.